The summed E-state index contributed by atoms with van der Waals surface area (Å²) in [6.45, 7) is 5.14. The molecule has 0 spiro atoms. The van der Waals surface area contributed by atoms with Gasteiger partial charge in [-0.3, -0.25) is 4.79 Å². The van der Waals surface area contributed by atoms with Crippen LogP contribution in [0.5, 0.6) is 5.75 Å². The van der Waals surface area contributed by atoms with Gasteiger partial charge in [0, 0.05) is 24.6 Å². The molecule has 6 heteroatoms. The van der Waals surface area contributed by atoms with Gasteiger partial charge in [-0.2, -0.15) is 0 Å². The fraction of sp³-hybridized carbons (Fsp3) is 0.286. The molecule has 1 fully saturated rings. The lowest BCUT2D eigenvalue weighted by atomic mass is 10.1. The van der Waals surface area contributed by atoms with E-state index in [0.717, 1.165) is 39.4 Å². The quantitative estimate of drug-likeness (QED) is 0.442. The minimum atomic E-state index is -0.720. The second-order valence-corrected chi connectivity index (χ2v) is 9.09. The van der Waals surface area contributed by atoms with Crippen molar-refractivity contribution < 1.29 is 14.6 Å². The number of benzene rings is 3. The van der Waals surface area contributed by atoms with Gasteiger partial charge in [-0.15, -0.1) is 0 Å². The summed E-state index contributed by atoms with van der Waals surface area (Å²) >= 11 is 0. The molecular weight excluding hydrogens is 426 g/mol. The van der Waals surface area contributed by atoms with Crippen molar-refractivity contribution in [1.82, 2.24) is 9.55 Å². The van der Waals surface area contributed by atoms with Crippen LogP contribution >= 0.6 is 0 Å². The van der Waals surface area contributed by atoms with E-state index in [1.54, 1.807) is 0 Å². The SMILES string of the molecule is Cc1ccc(OC[C@H](O)Cn2c([C@@H]3CC(=O)N(c4cccc(C)c4)C3)nc3ccccc32)cc1. The van der Waals surface area contributed by atoms with E-state index in [4.69, 9.17) is 9.72 Å². The Morgan fingerprint density at radius 1 is 1.03 bits per heavy atom. The summed E-state index contributed by atoms with van der Waals surface area (Å²) in [5.41, 5.74) is 5.02. The third-order valence-electron chi connectivity index (χ3n) is 6.34. The lowest BCUT2D eigenvalue weighted by Gasteiger charge is -2.19. The third kappa shape index (κ3) is 4.54. The van der Waals surface area contributed by atoms with Crippen molar-refractivity contribution in [2.75, 3.05) is 18.1 Å². The van der Waals surface area contributed by atoms with Gasteiger partial charge in [-0.05, 0) is 55.8 Å². The predicted octanol–water partition coefficient (Wildman–Crippen LogP) is 4.61. The van der Waals surface area contributed by atoms with Gasteiger partial charge in [0.25, 0.3) is 0 Å². The minimum absolute atomic E-state index is 0.0503. The Hall–Kier alpha value is -3.64. The molecule has 4 aromatic rings. The highest BCUT2D eigenvalue weighted by Gasteiger charge is 2.35. The van der Waals surface area contributed by atoms with Crippen LogP contribution in [0.4, 0.5) is 5.69 Å². The molecular formula is C28H29N3O3. The monoisotopic (exact) mass is 455 g/mol. The highest BCUT2D eigenvalue weighted by molar-refractivity contribution is 5.96. The average molecular weight is 456 g/mol. The molecule has 1 aromatic heterocycles. The van der Waals surface area contributed by atoms with E-state index in [1.807, 2.05) is 91.5 Å². The van der Waals surface area contributed by atoms with Gasteiger partial charge in [-0.1, -0.05) is 42.0 Å². The Balaban J connectivity index is 1.38. The first kappa shape index (κ1) is 22.2. The topological polar surface area (TPSA) is 67.6 Å². The molecule has 0 unspecified atom stereocenters. The summed E-state index contributed by atoms with van der Waals surface area (Å²) in [5, 5.41) is 10.8. The van der Waals surface area contributed by atoms with E-state index in [2.05, 4.69) is 4.57 Å². The van der Waals surface area contributed by atoms with Crippen molar-refractivity contribution >= 4 is 22.6 Å². The number of hydrogen-bond donors (Lipinski definition) is 1. The number of aromatic nitrogens is 2. The summed E-state index contributed by atoms with van der Waals surface area (Å²) in [5.74, 6) is 1.61. The van der Waals surface area contributed by atoms with E-state index in [0.29, 0.717) is 19.5 Å². The number of ether oxygens (including phenoxy) is 1. The number of rotatable bonds is 7. The molecule has 2 atom stereocenters. The Morgan fingerprint density at radius 2 is 1.82 bits per heavy atom. The molecule has 1 aliphatic heterocycles. The van der Waals surface area contributed by atoms with Crippen LogP contribution in [0.25, 0.3) is 11.0 Å². The van der Waals surface area contributed by atoms with Gasteiger partial charge >= 0.3 is 0 Å². The molecule has 1 saturated heterocycles. The van der Waals surface area contributed by atoms with Crippen molar-refractivity contribution in [3.8, 4) is 5.75 Å². The number of amides is 1. The van der Waals surface area contributed by atoms with Crippen LogP contribution in [-0.2, 0) is 11.3 Å². The minimum Gasteiger partial charge on any atom is -0.491 e. The molecule has 6 nitrogen and oxygen atoms in total. The maximum atomic E-state index is 12.9. The zero-order chi connectivity index (χ0) is 23.7. The number of fused-ring (bicyclic) bond motifs is 1. The number of carbonyl (C=O) groups excluding carboxylic acids is 1. The first-order valence-electron chi connectivity index (χ1n) is 11.7. The van der Waals surface area contributed by atoms with Crippen LogP contribution in [-0.4, -0.2) is 39.8 Å². The number of hydrogen-bond acceptors (Lipinski definition) is 4. The van der Waals surface area contributed by atoms with E-state index in [9.17, 15) is 9.90 Å². The smallest absolute Gasteiger partial charge is 0.227 e. The summed E-state index contributed by atoms with van der Waals surface area (Å²) in [4.78, 5) is 19.7. The van der Waals surface area contributed by atoms with Crippen molar-refractivity contribution in [2.45, 2.75) is 38.8 Å². The number of aliphatic hydroxyl groups excluding tert-OH is 1. The molecule has 0 saturated carbocycles. The maximum absolute atomic E-state index is 12.9. The van der Waals surface area contributed by atoms with Crippen LogP contribution in [0.2, 0.25) is 0 Å². The van der Waals surface area contributed by atoms with Gasteiger partial charge in [0.15, 0.2) is 0 Å². The molecule has 34 heavy (non-hydrogen) atoms. The van der Waals surface area contributed by atoms with E-state index in [-0.39, 0.29) is 18.4 Å². The first-order valence-corrected chi connectivity index (χ1v) is 11.7. The number of aryl methyl sites for hydroxylation is 2. The van der Waals surface area contributed by atoms with Crippen LogP contribution in [0.15, 0.2) is 72.8 Å². The van der Waals surface area contributed by atoms with Crippen molar-refractivity contribution in [3.63, 3.8) is 0 Å². The van der Waals surface area contributed by atoms with Gasteiger partial charge in [0.1, 0.15) is 24.3 Å². The summed E-state index contributed by atoms with van der Waals surface area (Å²) in [6.07, 6.45) is -0.324. The summed E-state index contributed by atoms with van der Waals surface area (Å²) in [6, 6.07) is 23.7. The lowest BCUT2D eigenvalue weighted by molar-refractivity contribution is -0.117. The second-order valence-electron chi connectivity index (χ2n) is 9.09. The molecule has 0 radical (unpaired) electrons. The highest BCUT2D eigenvalue weighted by atomic mass is 16.5. The van der Waals surface area contributed by atoms with Gasteiger partial charge in [0.2, 0.25) is 5.91 Å². The summed E-state index contributed by atoms with van der Waals surface area (Å²) < 4.78 is 7.86. The Morgan fingerprint density at radius 3 is 2.62 bits per heavy atom. The number of para-hydroxylation sites is 2. The van der Waals surface area contributed by atoms with Crippen molar-refractivity contribution in [2.24, 2.45) is 0 Å². The highest BCUT2D eigenvalue weighted by Crippen LogP contribution is 2.33. The van der Waals surface area contributed by atoms with Crippen LogP contribution < -0.4 is 9.64 Å². The van der Waals surface area contributed by atoms with Crippen molar-refractivity contribution in [3.05, 3.63) is 89.7 Å². The van der Waals surface area contributed by atoms with E-state index in [1.165, 1.54) is 0 Å². The van der Waals surface area contributed by atoms with E-state index >= 15 is 0 Å². The maximum Gasteiger partial charge on any atom is 0.227 e. The fourth-order valence-electron chi connectivity index (χ4n) is 4.61. The summed E-state index contributed by atoms with van der Waals surface area (Å²) in [7, 11) is 0. The number of imidazole rings is 1. The molecule has 174 valence electrons. The van der Waals surface area contributed by atoms with Gasteiger partial charge < -0.3 is 19.3 Å². The molecule has 5 rings (SSSR count). The molecule has 0 aliphatic carbocycles. The van der Waals surface area contributed by atoms with Crippen LogP contribution in [0, 0.1) is 13.8 Å². The van der Waals surface area contributed by atoms with Gasteiger partial charge in [-0.25, -0.2) is 4.98 Å². The molecule has 1 aliphatic rings. The van der Waals surface area contributed by atoms with Crippen molar-refractivity contribution in [1.29, 1.82) is 0 Å². The number of carbonyl (C=O) groups is 1. The molecule has 3 aromatic carbocycles. The zero-order valence-corrected chi connectivity index (χ0v) is 19.5. The Kier molecular flexibility index (Phi) is 6.07. The standard InChI is InChI=1S/C28H29N3O3/c1-19-10-12-24(13-11-19)34-18-23(32)17-31-26-9-4-3-8-25(26)29-28(31)21-15-27(33)30(16-21)22-7-5-6-20(2)14-22/h3-14,21,23,32H,15-18H2,1-2H3/t21-,23-/m1/s1. The van der Waals surface area contributed by atoms with Crippen LogP contribution in [0.3, 0.4) is 0 Å². The zero-order valence-electron chi connectivity index (χ0n) is 19.5. The lowest BCUT2D eigenvalue weighted by Crippen LogP contribution is -2.26. The largest absolute Gasteiger partial charge is 0.491 e. The fourth-order valence-corrected chi connectivity index (χ4v) is 4.61. The molecule has 1 amide bonds. The number of nitrogens with zero attached hydrogens (tertiary/aromatic N) is 3. The third-order valence-corrected chi connectivity index (χ3v) is 6.34. The second kappa shape index (κ2) is 9.31. The Labute approximate surface area is 199 Å². The first-order chi connectivity index (χ1) is 16.5. The number of aliphatic hydroxyl groups is 1. The van der Waals surface area contributed by atoms with Crippen LogP contribution in [0.1, 0.15) is 29.3 Å². The average Bonchev–Trinajstić information content (AvgIpc) is 3.39. The number of anilines is 1. The molecule has 2 heterocycles. The normalized spacial score (nSPS) is 16.9. The van der Waals surface area contributed by atoms with Gasteiger partial charge in [0.05, 0.1) is 17.6 Å². The predicted molar refractivity (Wildman–Crippen MR) is 133 cm³/mol. The Bertz CT molecular complexity index is 1310. The van der Waals surface area contributed by atoms with E-state index < -0.39 is 6.10 Å². The molecule has 0 bridgehead atoms. The molecule has 1 N–H and O–H groups in total.